The molecule has 2 aliphatic heterocycles. The Morgan fingerprint density at radius 1 is 1.41 bits per heavy atom. The van der Waals surface area contributed by atoms with Gasteiger partial charge in [0.15, 0.2) is 0 Å². The molecular weight excluding hydrogens is 284 g/mol. The fraction of sp³-hybridized carbons (Fsp3) is 0.500. The van der Waals surface area contributed by atoms with Gasteiger partial charge in [0.2, 0.25) is 0 Å². The molecule has 0 bridgehead atoms. The lowest BCUT2D eigenvalue weighted by molar-refractivity contribution is -0.141. The van der Waals surface area contributed by atoms with Crippen LogP contribution in [-0.4, -0.2) is 48.3 Å². The van der Waals surface area contributed by atoms with Crippen LogP contribution in [0.15, 0.2) is 35.1 Å². The lowest BCUT2D eigenvalue weighted by atomic mass is 9.91. The van der Waals surface area contributed by atoms with Crippen molar-refractivity contribution in [2.45, 2.75) is 25.3 Å². The molecule has 0 aromatic rings. The van der Waals surface area contributed by atoms with Crippen LogP contribution in [-0.2, 0) is 9.53 Å². The van der Waals surface area contributed by atoms with Gasteiger partial charge in [0.05, 0.1) is 7.11 Å². The van der Waals surface area contributed by atoms with Crippen molar-refractivity contribution in [1.82, 2.24) is 10.2 Å². The third-order valence-electron chi connectivity index (χ3n) is 4.40. The van der Waals surface area contributed by atoms with E-state index >= 15 is 0 Å². The van der Waals surface area contributed by atoms with Crippen molar-refractivity contribution in [1.29, 1.82) is 0 Å². The van der Waals surface area contributed by atoms with Gasteiger partial charge in [-0.05, 0) is 41.9 Å². The summed E-state index contributed by atoms with van der Waals surface area (Å²) in [6.45, 7) is 0.917. The molecule has 0 aromatic heterocycles. The number of methoxy groups -OCH3 is 1. The number of hydrogen-bond acceptors (Lipinski definition) is 4. The van der Waals surface area contributed by atoms with Crippen molar-refractivity contribution in [3.63, 3.8) is 0 Å². The second-order valence-electron chi connectivity index (χ2n) is 5.85. The zero-order valence-electron chi connectivity index (χ0n) is 12.5. The van der Waals surface area contributed by atoms with Gasteiger partial charge in [0, 0.05) is 19.3 Å². The minimum Gasteiger partial charge on any atom is -0.467 e. The van der Waals surface area contributed by atoms with Gasteiger partial charge < -0.3 is 20.1 Å². The van der Waals surface area contributed by atoms with Gasteiger partial charge in [0.25, 0.3) is 0 Å². The lowest BCUT2D eigenvalue weighted by Crippen LogP contribution is -2.39. The number of allylic oxidation sites excluding steroid dienone is 2. The number of carbonyl (C=O) groups is 2. The van der Waals surface area contributed by atoms with E-state index in [1.54, 1.807) is 0 Å². The monoisotopic (exact) mass is 304 g/mol. The molecule has 0 spiro atoms. The largest absolute Gasteiger partial charge is 0.467 e. The summed E-state index contributed by atoms with van der Waals surface area (Å²) in [6, 6.07) is -0.388. The molecule has 1 atom stereocenters. The van der Waals surface area contributed by atoms with E-state index in [1.807, 2.05) is 12.3 Å². The molecule has 22 heavy (non-hydrogen) atoms. The molecule has 0 aromatic carbocycles. The van der Waals surface area contributed by atoms with E-state index in [-0.39, 0.29) is 12.0 Å². The van der Waals surface area contributed by atoms with Crippen molar-refractivity contribution in [2.24, 2.45) is 5.92 Å². The predicted octanol–water partition coefficient (Wildman–Crippen LogP) is 1.66. The summed E-state index contributed by atoms with van der Waals surface area (Å²) in [5, 5.41) is 12.1. The first kappa shape index (κ1) is 14.7. The molecule has 0 saturated heterocycles. The third-order valence-corrected chi connectivity index (χ3v) is 4.40. The molecule has 3 rings (SSSR count). The Labute approximate surface area is 129 Å². The highest BCUT2D eigenvalue weighted by Gasteiger charge is 2.36. The second kappa shape index (κ2) is 5.87. The van der Waals surface area contributed by atoms with Gasteiger partial charge in [-0.1, -0.05) is 12.2 Å². The fourth-order valence-electron chi connectivity index (χ4n) is 2.96. The number of ether oxygens (including phenoxy) is 1. The number of carbonyl (C=O) groups excluding carboxylic acids is 1. The summed E-state index contributed by atoms with van der Waals surface area (Å²) >= 11 is 0. The van der Waals surface area contributed by atoms with Gasteiger partial charge >= 0.3 is 12.1 Å². The number of nitrogens with zero attached hydrogens (tertiary/aromatic N) is 1. The van der Waals surface area contributed by atoms with E-state index in [0.29, 0.717) is 25.4 Å². The van der Waals surface area contributed by atoms with Crippen LogP contribution in [0.4, 0.5) is 4.79 Å². The van der Waals surface area contributed by atoms with Crippen molar-refractivity contribution >= 4 is 12.1 Å². The minimum absolute atomic E-state index is 0.261. The molecule has 3 aliphatic rings. The molecule has 6 nitrogen and oxygen atoms in total. The summed E-state index contributed by atoms with van der Waals surface area (Å²) in [7, 11) is 1.40. The van der Waals surface area contributed by atoms with Crippen LogP contribution >= 0.6 is 0 Å². The van der Waals surface area contributed by atoms with E-state index in [4.69, 9.17) is 9.84 Å². The first-order valence-electron chi connectivity index (χ1n) is 7.53. The molecule has 1 unspecified atom stereocenters. The Balaban J connectivity index is 1.77. The fourth-order valence-corrected chi connectivity index (χ4v) is 2.96. The van der Waals surface area contributed by atoms with E-state index in [9.17, 15) is 9.59 Å². The van der Waals surface area contributed by atoms with Gasteiger partial charge in [0.1, 0.15) is 6.04 Å². The number of esters is 1. The Hall–Kier alpha value is -2.24. The summed E-state index contributed by atoms with van der Waals surface area (Å²) in [5.41, 5.74) is 3.27. The highest BCUT2D eigenvalue weighted by Crippen LogP contribution is 2.40. The van der Waals surface area contributed by atoms with E-state index < -0.39 is 6.09 Å². The average molecular weight is 304 g/mol. The number of dihydropyridines is 1. The Bertz CT molecular complexity index is 587. The van der Waals surface area contributed by atoms with Crippen LogP contribution in [0.2, 0.25) is 0 Å². The van der Waals surface area contributed by atoms with Crippen molar-refractivity contribution < 1.29 is 19.4 Å². The van der Waals surface area contributed by atoms with Crippen LogP contribution in [0.1, 0.15) is 19.3 Å². The SMILES string of the molecule is COC(=O)C1NC=C(C2=CCN(C(=O)O)CC2)C=C1C1CC1. The van der Waals surface area contributed by atoms with Crippen LogP contribution in [0.3, 0.4) is 0 Å². The van der Waals surface area contributed by atoms with Crippen molar-refractivity contribution in [3.05, 3.63) is 35.1 Å². The zero-order chi connectivity index (χ0) is 15.7. The molecule has 1 saturated carbocycles. The van der Waals surface area contributed by atoms with Crippen LogP contribution in [0, 0.1) is 5.92 Å². The number of rotatable bonds is 3. The molecule has 1 amide bonds. The molecule has 0 radical (unpaired) electrons. The maximum Gasteiger partial charge on any atom is 0.407 e. The maximum atomic E-state index is 11.9. The number of hydrogen-bond donors (Lipinski definition) is 2. The molecule has 6 heteroatoms. The Morgan fingerprint density at radius 3 is 2.73 bits per heavy atom. The molecule has 2 N–H and O–H groups in total. The maximum absolute atomic E-state index is 11.9. The summed E-state index contributed by atoms with van der Waals surface area (Å²) < 4.78 is 4.86. The first-order valence-corrected chi connectivity index (χ1v) is 7.53. The number of carboxylic acid groups (broad SMARTS) is 1. The highest BCUT2D eigenvalue weighted by molar-refractivity contribution is 5.81. The van der Waals surface area contributed by atoms with Crippen LogP contribution in [0.5, 0.6) is 0 Å². The Morgan fingerprint density at radius 2 is 2.18 bits per heavy atom. The molecule has 118 valence electrons. The standard InChI is InChI=1S/C16H20N2O4/c1-22-15(19)14-13(11-2-3-11)8-12(9-17-14)10-4-6-18(7-5-10)16(20)21/h4,8-9,11,14,17H,2-3,5-7H2,1H3,(H,20,21). The summed E-state index contributed by atoms with van der Waals surface area (Å²) in [4.78, 5) is 24.2. The van der Waals surface area contributed by atoms with E-state index in [0.717, 1.165) is 29.6 Å². The smallest absolute Gasteiger partial charge is 0.407 e. The number of amides is 1. The summed E-state index contributed by atoms with van der Waals surface area (Å²) in [6.07, 6.45) is 7.90. The van der Waals surface area contributed by atoms with Gasteiger partial charge in [-0.2, -0.15) is 0 Å². The third kappa shape index (κ3) is 2.86. The molecule has 1 aliphatic carbocycles. The van der Waals surface area contributed by atoms with Crippen LogP contribution in [0.25, 0.3) is 0 Å². The molecule has 2 heterocycles. The highest BCUT2D eigenvalue weighted by atomic mass is 16.5. The quantitative estimate of drug-likeness (QED) is 0.775. The second-order valence-corrected chi connectivity index (χ2v) is 5.85. The van der Waals surface area contributed by atoms with E-state index in [1.165, 1.54) is 12.0 Å². The molecule has 1 fully saturated rings. The summed E-state index contributed by atoms with van der Waals surface area (Å²) in [5.74, 6) is 0.197. The Kier molecular flexibility index (Phi) is 3.92. The normalized spacial score (nSPS) is 24.7. The first-order chi connectivity index (χ1) is 10.6. The van der Waals surface area contributed by atoms with E-state index in [2.05, 4.69) is 11.4 Å². The minimum atomic E-state index is -0.883. The van der Waals surface area contributed by atoms with Crippen LogP contribution < -0.4 is 5.32 Å². The average Bonchev–Trinajstić information content (AvgIpc) is 3.38. The van der Waals surface area contributed by atoms with Crippen molar-refractivity contribution in [3.8, 4) is 0 Å². The van der Waals surface area contributed by atoms with Gasteiger partial charge in [-0.25, -0.2) is 9.59 Å². The zero-order valence-corrected chi connectivity index (χ0v) is 12.5. The number of nitrogens with one attached hydrogen (secondary N) is 1. The van der Waals surface area contributed by atoms with Crippen molar-refractivity contribution in [2.75, 3.05) is 20.2 Å². The lowest BCUT2D eigenvalue weighted by Gasteiger charge is -2.28. The topological polar surface area (TPSA) is 78.9 Å². The molecular formula is C16H20N2O4. The van der Waals surface area contributed by atoms with Gasteiger partial charge in [-0.3, -0.25) is 0 Å². The predicted molar refractivity (Wildman–Crippen MR) is 80.1 cm³/mol. The van der Waals surface area contributed by atoms with Gasteiger partial charge in [-0.15, -0.1) is 0 Å².